The van der Waals surface area contributed by atoms with Gasteiger partial charge in [0.1, 0.15) is 12.4 Å². The Morgan fingerprint density at radius 1 is 1.11 bits per heavy atom. The van der Waals surface area contributed by atoms with Gasteiger partial charge in [-0.25, -0.2) is 0 Å². The van der Waals surface area contributed by atoms with Crippen molar-refractivity contribution >= 4 is 14.1 Å². The largest absolute Gasteiger partial charge is 0.486 e. The number of carbonyl (C=O) groups is 1. The van der Waals surface area contributed by atoms with E-state index in [4.69, 9.17) is 9.16 Å². The number of carbonyl (C=O) groups excluding carboxylic acids is 1. The monoisotopic (exact) mass is 280 g/mol. The fourth-order valence-corrected chi connectivity index (χ4v) is 2.15. The first-order chi connectivity index (χ1) is 8.72. The number of ketones is 1. The van der Waals surface area contributed by atoms with Gasteiger partial charge < -0.3 is 9.16 Å². The molecular formula is C15H24O3Si. The lowest BCUT2D eigenvalue weighted by Gasteiger charge is -2.35. The Bertz CT molecular complexity index is 407. The van der Waals surface area contributed by atoms with E-state index >= 15 is 0 Å². The highest BCUT2D eigenvalue weighted by Crippen LogP contribution is 2.36. The molecule has 19 heavy (non-hydrogen) atoms. The molecule has 0 fully saturated rings. The normalized spacial score (nSPS) is 12.3. The van der Waals surface area contributed by atoms with Crippen molar-refractivity contribution < 1.29 is 14.0 Å². The molecule has 0 bridgehead atoms. The van der Waals surface area contributed by atoms with Gasteiger partial charge in [-0.15, -0.1) is 0 Å². The minimum atomic E-state index is -1.85. The molecule has 0 radical (unpaired) electrons. The summed E-state index contributed by atoms with van der Waals surface area (Å²) < 4.78 is 11.3. The lowest BCUT2D eigenvalue weighted by Crippen LogP contribution is -2.42. The van der Waals surface area contributed by atoms with Crippen molar-refractivity contribution in [2.24, 2.45) is 0 Å². The van der Waals surface area contributed by atoms with Gasteiger partial charge >= 0.3 is 0 Å². The van der Waals surface area contributed by atoms with E-state index in [1.165, 1.54) is 0 Å². The average Bonchev–Trinajstić information content (AvgIpc) is 2.34. The van der Waals surface area contributed by atoms with Gasteiger partial charge in [0.15, 0.2) is 14.1 Å². The molecule has 3 nitrogen and oxygen atoms in total. The first-order valence-electron chi connectivity index (χ1n) is 6.56. The predicted molar refractivity (Wildman–Crippen MR) is 80.1 cm³/mol. The van der Waals surface area contributed by atoms with Crippen molar-refractivity contribution in [2.75, 3.05) is 13.2 Å². The molecule has 0 spiro atoms. The van der Waals surface area contributed by atoms with E-state index in [9.17, 15) is 4.79 Å². The third-order valence-electron chi connectivity index (χ3n) is 3.54. The molecule has 0 saturated carbocycles. The minimum absolute atomic E-state index is 0.0197. The van der Waals surface area contributed by atoms with E-state index in [-0.39, 0.29) is 24.0 Å². The second kappa shape index (κ2) is 6.35. The van der Waals surface area contributed by atoms with Crippen molar-refractivity contribution in [1.82, 2.24) is 0 Å². The molecule has 1 aromatic rings. The molecule has 0 atom stereocenters. The zero-order valence-corrected chi connectivity index (χ0v) is 13.5. The van der Waals surface area contributed by atoms with Crippen molar-refractivity contribution in [1.29, 1.82) is 0 Å². The number of rotatable bonds is 6. The lowest BCUT2D eigenvalue weighted by molar-refractivity contribution is -0.123. The van der Waals surface area contributed by atoms with Crippen LogP contribution in [-0.4, -0.2) is 27.3 Å². The molecule has 0 aliphatic rings. The molecule has 0 unspecified atom stereocenters. The smallest absolute Gasteiger partial charge is 0.194 e. The van der Waals surface area contributed by atoms with E-state index in [0.29, 0.717) is 5.75 Å². The number of Topliss-reactive ketones (excluding diaryl/α,β-unsaturated/α-hetero) is 1. The molecule has 0 aromatic heterocycles. The number of benzene rings is 1. The second-order valence-electron chi connectivity index (χ2n) is 6.19. The van der Waals surface area contributed by atoms with Crippen LogP contribution in [0, 0.1) is 0 Å². The van der Waals surface area contributed by atoms with Gasteiger partial charge in [0.05, 0.1) is 6.61 Å². The Labute approximate surface area is 117 Å². The van der Waals surface area contributed by atoms with Crippen molar-refractivity contribution in [2.45, 2.75) is 38.9 Å². The zero-order valence-electron chi connectivity index (χ0n) is 12.5. The predicted octanol–water partition coefficient (Wildman–Crippen LogP) is 3.66. The quantitative estimate of drug-likeness (QED) is 0.746. The molecule has 1 aromatic carbocycles. The second-order valence-corrected chi connectivity index (χ2v) is 11.0. The van der Waals surface area contributed by atoms with Crippen LogP contribution in [0.25, 0.3) is 0 Å². The van der Waals surface area contributed by atoms with Gasteiger partial charge in [0, 0.05) is 0 Å². The third kappa shape index (κ3) is 5.16. The maximum absolute atomic E-state index is 11.8. The molecule has 0 aliphatic heterocycles. The fraction of sp³-hybridized carbons (Fsp3) is 0.533. The topological polar surface area (TPSA) is 35.5 Å². The van der Waals surface area contributed by atoms with E-state index < -0.39 is 8.32 Å². The first kappa shape index (κ1) is 15.9. The van der Waals surface area contributed by atoms with Gasteiger partial charge in [-0.1, -0.05) is 39.0 Å². The first-order valence-corrected chi connectivity index (χ1v) is 9.47. The van der Waals surface area contributed by atoms with Gasteiger partial charge in [-0.05, 0) is 30.3 Å². The Morgan fingerprint density at radius 2 is 1.68 bits per heavy atom. The lowest BCUT2D eigenvalue weighted by atomic mass is 10.2. The van der Waals surface area contributed by atoms with Crippen LogP contribution in [0.2, 0.25) is 18.1 Å². The highest BCUT2D eigenvalue weighted by Gasteiger charge is 2.37. The van der Waals surface area contributed by atoms with Crippen LogP contribution in [0.3, 0.4) is 0 Å². The molecule has 0 heterocycles. The summed E-state index contributed by atoms with van der Waals surface area (Å²) in [5, 5.41) is 0.119. The zero-order chi connectivity index (χ0) is 14.5. The Morgan fingerprint density at radius 3 is 2.21 bits per heavy atom. The summed E-state index contributed by atoms with van der Waals surface area (Å²) in [4.78, 5) is 11.8. The van der Waals surface area contributed by atoms with Crippen LogP contribution in [0.4, 0.5) is 0 Å². The minimum Gasteiger partial charge on any atom is -0.486 e. The molecule has 106 valence electrons. The fourth-order valence-electron chi connectivity index (χ4n) is 1.20. The summed E-state index contributed by atoms with van der Waals surface area (Å²) in [5.41, 5.74) is 0. The van der Waals surface area contributed by atoms with Gasteiger partial charge in [0.2, 0.25) is 0 Å². The summed E-state index contributed by atoms with van der Waals surface area (Å²) in [7, 11) is -1.85. The van der Waals surface area contributed by atoms with Crippen LogP contribution in [0.15, 0.2) is 30.3 Å². The van der Waals surface area contributed by atoms with Crippen LogP contribution in [0.5, 0.6) is 5.75 Å². The molecule has 0 aliphatic carbocycles. The summed E-state index contributed by atoms with van der Waals surface area (Å²) >= 11 is 0. The highest BCUT2D eigenvalue weighted by molar-refractivity contribution is 6.74. The summed E-state index contributed by atoms with van der Waals surface area (Å²) in [6.07, 6.45) is 0. The van der Waals surface area contributed by atoms with Crippen molar-refractivity contribution in [3.63, 3.8) is 0 Å². The maximum atomic E-state index is 11.8. The average molecular weight is 280 g/mol. The molecule has 0 amide bonds. The third-order valence-corrected chi connectivity index (χ3v) is 8.02. The summed E-state index contributed by atoms with van der Waals surface area (Å²) in [6.45, 7) is 11.0. The number of para-hydroxylation sites is 1. The molecule has 0 N–H and O–H groups in total. The number of hydrogen-bond acceptors (Lipinski definition) is 3. The van der Waals surface area contributed by atoms with E-state index in [0.717, 1.165) is 0 Å². The Kier molecular flexibility index (Phi) is 5.32. The van der Waals surface area contributed by atoms with E-state index in [1.54, 1.807) is 0 Å². The molecule has 4 heteroatoms. The number of ether oxygens (including phenoxy) is 1. The van der Waals surface area contributed by atoms with Gasteiger partial charge in [0.25, 0.3) is 0 Å². The van der Waals surface area contributed by atoms with Gasteiger partial charge in [-0.2, -0.15) is 0 Å². The Balaban J connectivity index is 2.37. The standard InChI is InChI=1S/C15H24O3Si/c1-15(2,3)19(4,5)18-12-13(16)11-17-14-9-7-6-8-10-14/h6-10H,11-12H2,1-5H3. The van der Waals surface area contributed by atoms with Gasteiger partial charge in [-0.3, -0.25) is 4.79 Å². The van der Waals surface area contributed by atoms with Crippen LogP contribution >= 0.6 is 0 Å². The maximum Gasteiger partial charge on any atom is 0.194 e. The Hall–Kier alpha value is -1.13. The molecule has 1 rings (SSSR count). The van der Waals surface area contributed by atoms with Crippen LogP contribution in [0.1, 0.15) is 20.8 Å². The van der Waals surface area contributed by atoms with Crippen molar-refractivity contribution in [3.05, 3.63) is 30.3 Å². The van der Waals surface area contributed by atoms with E-state index in [2.05, 4.69) is 33.9 Å². The SMILES string of the molecule is CC(C)(C)[Si](C)(C)OCC(=O)COc1ccccc1. The van der Waals surface area contributed by atoms with Crippen molar-refractivity contribution in [3.8, 4) is 5.75 Å². The van der Waals surface area contributed by atoms with Crippen LogP contribution < -0.4 is 4.74 Å². The summed E-state index contributed by atoms with van der Waals surface area (Å²) in [6, 6.07) is 9.34. The van der Waals surface area contributed by atoms with Crippen LogP contribution in [-0.2, 0) is 9.22 Å². The molecule has 0 saturated heterocycles. The molecular weight excluding hydrogens is 256 g/mol. The highest BCUT2D eigenvalue weighted by atomic mass is 28.4. The van der Waals surface area contributed by atoms with E-state index in [1.807, 2.05) is 30.3 Å². The number of hydrogen-bond donors (Lipinski definition) is 0. The summed E-state index contributed by atoms with van der Waals surface area (Å²) in [5.74, 6) is 0.692.